The van der Waals surface area contributed by atoms with Gasteiger partial charge >= 0.3 is 0 Å². The number of hydrogen-bond donors (Lipinski definition) is 2. The molecule has 0 radical (unpaired) electrons. The minimum absolute atomic E-state index is 0.0734. The number of ether oxygens (including phenoxy) is 1. The Morgan fingerprint density at radius 2 is 2.09 bits per heavy atom. The summed E-state index contributed by atoms with van der Waals surface area (Å²) in [6, 6.07) is 3.56. The summed E-state index contributed by atoms with van der Waals surface area (Å²) >= 11 is 7.87. The molecular formula is C23H26ClFN6O3S. The molecule has 0 bridgehead atoms. The van der Waals surface area contributed by atoms with Crippen molar-refractivity contribution in [2.24, 2.45) is 11.1 Å². The quantitative estimate of drug-likeness (QED) is 0.504. The first-order chi connectivity index (χ1) is 16.9. The topological polar surface area (TPSA) is 119 Å². The molecule has 9 nitrogen and oxygen atoms in total. The van der Waals surface area contributed by atoms with Crippen molar-refractivity contribution in [1.82, 2.24) is 19.5 Å². The SMILES string of the molecule is N[C@@H]1COCC12CCN(c1cnc(Sc3ccc4ncn(CC(O)CF)c(=O)c4c3Cl)cn1)CC2. The second-order valence-corrected chi connectivity index (χ2v) is 10.5. The van der Waals surface area contributed by atoms with Crippen LogP contribution in [0.1, 0.15) is 12.8 Å². The number of aliphatic hydroxyl groups is 1. The van der Waals surface area contributed by atoms with Crippen LogP contribution in [0.4, 0.5) is 10.2 Å². The van der Waals surface area contributed by atoms with Crippen molar-refractivity contribution in [3.63, 3.8) is 0 Å². The lowest BCUT2D eigenvalue weighted by Crippen LogP contribution is -2.49. The van der Waals surface area contributed by atoms with E-state index in [4.69, 9.17) is 22.1 Å². The number of alkyl halides is 1. The third-order valence-electron chi connectivity index (χ3n) is 6.87. The number of aliphatic hydroxyl groups excluding tert-OH is 1. The monoisotopic (exact) mass is 520 g/mol. The largest absolute Gasteiger partial charge is 0.389 e. The lowest BCUT2D eigenvalue weighted by atomic mass is 9.75. The number of nitrogens with two attached hydrogens (primary N) is 1. The van der Waals surface area contributed by atoms with E-state index in [1.165, 1.54) is 18.1 Å². The highest BCUT2D eigenvalue weighted by Gasteiger charge is 2.44. The Hall–Kier alpha value is -2.31. The minimum atomic E-state index is -1.29. The van der Waals surface area contributed by atoms with Crippen LogP contribution in [0.15, 0.2) is 45.6 Å². The molecule has 3 N–H and O–H groups in total. The molecule has 1 spiro atoms. The number of hydrogen-bond acceptors (Lipinski definition) is 9. The average molecular weight is 521 g/mol. The molecular weight excluding hydrogens is 495 g/mol. The van der Waals surface area contributed by atoms with Crippen molar-refractivity contribution >= 4 is 40.1 Å². The molecule has 2 aliphatic rings. The zero-order valence-electron chi connectivity index (χ0n) is 18.9. The van der Waals surface area contributed by atoms with Gasteiger partial charge in [0.2, 0.25) is 0 Å². The molecule has 0 saturated carbocycles. The lowest BCUT2D eigenvalue weighted by Gasteiger charge is -2.41. The Morgan fingerprint density at radius 3 is 2.74 bits per heavy atom. The molecule has 1 unspecified atom stereocenters. The van der Waals surface area contributed by atoms with Crippen LogP contribution in [-0.4, -0.2) is 69.7 Å². The molecule has 2 atom stereocenters. The molecule has 2 aromatic heterocycles. The fourth-order valence-electron chi connectivity index (χ4n) is 4.68. The van der Waals surface area contributed by atoms with Gasteiger partial charge in [0.25, 0.3) is 5.56 Å². The van der Waals surface area contributed by atoms with E-state index in [-0.39, 0.29) is 28.4 Å². The summed E-state index contributed by atoms with van der Waals surface area (Å²) < 4.78 is 19.5. The number of anilines is 1. The molecule has 2 fully saturated rings. The number of nitrogens with zero attached hydrogens (tertiary/aromatic N) is 5. The minimum Gasteiger partial charge on any atom is -0.389 e. The summed E-state index contributed by atoms with van der Waals surface area (Å²) in [4.78, 5) is 29.1. The molecule has 2 saturated heterocycles. The molecule has 0 aliphatic carbocycles. The Morgan fingerprint density at radius 1 is 1.29 bits per heavy atom. The maximum Gasteiger partial charge on any atom is 0.262 e. The van der Waals surface area contributed by atoms with Crippen molar-refractivity contribution in [3.8, 4) is 0 Å². The Labute approximate surface area is 210 Å². The molecule has 35 heavy (non-hydrogen) atoms. The number of halogens is 2. The predicted octanol–water partition coefficient (Wildman–Crippen LogP) is 2.27. The van der Waals surface area contributed by atoms with Gasteiger partial charge in [0.05, 0.1) is 54.4 Å². The van der Waals surface area contributed by atoms with Gasteiger partial charge in [-0.3, -0.25) is 9.36 Å². The zero-order chi connectivity index (χ0) is 24.6. The van der Waals surface area contributed by atoms with Crippen LogP contribution in [0.5, 0.6) is 0 Å². The maximum atomic E-state index is 12.9. The van der Waals surface area contributed by atoms with Gasteiger partial charge in [0, 0.05) is 29.4 Å². The van der Waals surface area contributed by atoms with Gasteiger partial charge in [-0.25, -0.2) is 19.3 Å². The van der Waals surface area contributed by atoms with E-state index in [0.29, 0.717) is 22.0 Å². The Balaban J connectivity index is 1.31. The third kappa shape index (κ3) is 4.75. The van der Waals surface area contributed by atoms with E-state index < -0.39 is 18.3 Å². The predicted molar refractivity (Wildman–Crippen MR) is 132 cm³/mol. The molecule has 12 heteroatoms. The Bertz CT molecular complexity index is 1270. The van der Waals surface area contributed by atoms with Crippen molar-refractivity contribution in [2.45, 2.75) is 41.5 Å². The van der Waals surface area contributed by atoms with Crippen LogP contribution in [0.2, 0.25) is 5.02 Å². The van der Waals surface area contributed by atoms with Crippen LogP contribution < -0.4 is 16.2 Å². The van der Waals surface area contributed by atoms with Gasteiger partial charge in [-0.1, -0.05) is 23.4 Å². The number of piperidine rings is 1. The normalized spacial score (nSPS) is 20.6. The first kappa shape index (κ1) is 24.4. The highest BCUT2D eigenvalue weighted by atomic mass is 35.5. The van der Waals surface area contributed by atoms with E-state index in [1.54, 1.807) is 24.5 Å². The third-order valence-corrected chi connectivity index (χ3v) is 8.35. The second-order valence-electron chi connectivity index (χ2n) is 9.07. The number of rotatable bonds is 6. The van der Waals surface area contributed by atoms with Crippen LogP contribution in [-0.2, 0) is 11.3 Å². The molecule has 3 aromatic rings. The first-order valence-corrected chi connectivity index (χ1v) is 12.6. The fourth-order valence-corrected chi connectivity index (χ4v) is 5.80. The summed E-state index contributed by atoms with van der Waals surface area (Å²) in [5.74, 6) is 0.805. The summed E-state index contributed by atoms with van der Waals surface area (Å²) in [6.07, 6.45) is 5.36. The van der Waals surface area contributed by atoms with Crippen LogP contribution in [0.25, 0.3) is 10.9 Å². The first-order valence-electron chi connectivity index (χ1n) is 11.4. The Kier molecular flexibility index (Phi) is 6.95. The van der Waals surface area contributed by atoms with Crippen molar-refractivity contribution in [3.05, 3.63) is 46.2 Å². The van der Waals surface area contributed by atoms with E-state index in [0.717, 1.165) is 42.9 Å². The lowest BCUT2D eigenvalue weighted by molar-refractivity contribution is 0.121. The number of fused-ring (bicyclic) bond motifs is 1. The second kappa shape index (κ2) is 9.98. The van der Waals surface area contributed by atoms with E-state index in [1.807, 2.05) is 0 Å². The molecule has 186 valence electrons. The molecule has 1 aromatic carbocycles. The standard InChI is InChI=1S/C23H26ClFN6O3S/c24-21-16(2-1-15-20(21)22(33)31(13-29-15)10-14(32)7-25)35-19-9-27-18(8-28-19)30-5-3-23(4-6-30)12-34-11-17(23)26/h1-2,8-9,13-14,17,32H,3-7,10-12,26H2/t14?,17-/m1/s1. The van der Waals surface area contributed by atoms with Gasteiger partial charge in [-0.15, -0.1) is 0 Å². The molecule has 4 heterocycles. The summed E-state index contributed by atoms with van der Waals surface area (Å²) in [5, 5.41) is 10.7. The van der Waals surface area contributed by atoms with Crippen LogP contribution in [0, 0.1) is 5.41 Å². The molecule has 2 aliphatic heterocycles. The van der Waals surface area contributed by atoms with Crippen LogP contribution >= 0.6 is 23.4 Å². The average Bonchev–Trinajstić information content (AvgIpc) is 3.22. The zero-order valence-corrected chi connectivity index (χ0v) is 20.5. The smallest absolute Gasteiger partial charge is 0.262 e. The van der Waals surface area contributed by atoms with Crippen LogP contribution in [0.3, 0.4) is 0 Å². The van der Waals surface area contributed by atoms with Crippen molar-refractivity contribution in [2.75, 3.05) is 37.9 Å². The van der Waals surface area contributed by atoms with E-state index in [2.05, 4.69) is 19.9 Å². The molecule has 0 amide bonds. The molecule has 5 rings (SSSR count). The van der Waals surface area contributed by atoms with Crippen molar-refractivity contribution < 1.29 is 14.2 Å². The summed E-state index contributed by atoms with van der Waals surface area (Å²) in [7, 11) is 0. The number of benzene rings is 1. The maximum absolute atomic E-state index is 12.9. The van der Waals surface area contributed by atoms with Gasteiger partial charge in [-0.2, -0.15) is 0 Å². The van der Waals surface area contributed by atoms with Gasteiger partial charge in [0.15, 0.2) is 0 Å². The van der Waals surface area contributed by atoms with Gasteiger partial charge in [0.1, 0.15) is 23.6 Å². The van der Waals surface area contributed by atoms with E-state index >= 15 is 0 Å². The highest BCUT2D eigenvalue weighted by molar-refractivity contribution is 7.99. The number of aromatic nitrogens is 4. The van der Waals surface area contributed by atoms with Gasteiger partial charge in [-0.05, 0) is 25.0 Å². The van der Waals surface area contributed by atoms with Crippen molar-refractivity contribution in [1.29, 1.82) is 0 Å². The summed E-state index contributed by atoms with van der Waals surface area (Å²) in [5.41, 5.74) is 6.34. The summed E-state index contributed by atoms with van der Waals surface area (Å²) in [6.45, 7) is 1.91. The van der Waals surface area contributed by atoms with E-state index in [9.17, 15) is 14.3 Å². The highest BCUT2D eigenvalue weighted by Crippen LogP contribution is 2.39. The van der Waals surface area contributed by atoms with Gasteiger partial charge < -0.3 is 20.5 Å². The fraction of sp³-hybridized carbons (Fsp3) is 0.478.